The Morgan fingerprint density at radius 3 is 2.56 bits per heavy atom. The van der Waals surface area contributed by atoms with E-state index in [2.05, 4.69) is 10.4 Å². The fraction of sp³-hybridized carbons (Fsp3) is 0.318. The molecule has 1 unspecified atom stereocenters. The molecule has 0 bridgehead atoms. The van der Waals surface area contributed by atoms with Gasteiger partial charge in [-0.3, -0.25) is 9.59 Å². The van der Waals surface area contributed by atoms with Gasteiger partial charge in [-0.15, -0.1) is 0 Å². The number of hydrogen-bond acceptors (Lipinski definition) is 4. The van der Waals surface area contributed by atoms with E-state index in [4.69, 9.17) is 0 Å². The zero-order valence-corrected chi connectivity index (χ0v) is 15.4. The maximum atomic E-state index is 13.2. The first kappa shape index (κ1) is 17.5. The summed E-state index contributed by atoms with van der Waals surface area (Å²) in [5.41, 5.74) is 4.46. The first-order chi connectivity index (χ1) is 13.1. The zero-order chi connectivity index (χ0) is 18.9. The largest absolute Gasteiger partial charge is 0.310 e. The molecule has 1 saturated carbocycles. The molecule has 1 N–H and O–H groups in total. The van der Waals surface area contributed by atoms with Crippen molar-refractivity contribution in [3.05, 3.63) is 76.3 Å². The average Bonchev–Trinajstić information content (AvgIpc) is 2.71. The number of rotatable bonds is 4. The topological polar surface area (TPSA) is 64.0 Å². The first-order valence-corrected chi connectivity index (χ1v) is 9.49. The second-order valence-electron chi connectivity index (χ2n) is 7.17. The normalized spacial score (nSPS) is 20.0. The molecule has 5 nitrogen and oxygen atoms in total. The highest BCUT2D eigenvalue weighted by molar-refractivity contribution is 5.81. The van der Waals surface area contributed by atoms with E-state index >= 15 is 0 Å². The molecule has 1 aliphatic carbocycles. The molecule has 27 heavy (non-hydrogen) atoms. The molecule has 0 amide bonds. The quantitative estimate of drug-likeness (QED) is 0.772. The first-order valence-electron chi connectivity index (χ1n) is 9.49. The van der Waals surface area contributed by atoms with Gasteiger partial charge in [0.2, 0.25) is 0 Å². The molecule has 1 atom stereocenters. The van der Waals surface area contributed by atoms with Crippen LogP contribution in [0.5, 0.6) is 0 Å². The van der Waals surface area contributed by atoms with E-state index in [1.54, 1.807) is 10.7 Å². The van der Waals surface area contributed by atoms with Crippen LogP contribution in [0.2, 0.25) is 0 Å². The molecule has 3 aromatic rings. The van der Waals surface area contributed by atoms with Crippen LogP contribution in [0, 0.1) is 0 Å². The molecule has 0 aliphatic heterocycles. The minimum absolute atomic E-state index is 0.120. The van der Waals surface area contributed by atoms with Gasteiger partial charge in [0.15, 0.2) is 0 Å². The van der Waals surface area contributed by atoms with Gasteiger partial charge in [0.25, 0.3) is 5.56 Å². The van der Waals surface area contributed by atoms with E-state index in [1.165, 1.54) is 0 Å². The number of aryl methyl sites for hydroxylation is 1. The van der Waals surface area contributed by atoms with Gasteiger partial charge in [-0.25, -0.2) is 9.66 Å². The predicted molar refractivity (Wildman–Crippen MR) is 106 cm³/mol. The second kappa shape index (κ2) is 6.99. The van der Waals surface area contributed by atoms with Gasteiger partial charge in [0, 0.05) is 19.3 Å². The number of carbonyl (C=O) groups is 1. The van der Waals surface area contributed by atoms with Gasteiger partial charge >= 0.3 is 0 Å². The molecule has 1 aromatic heterocycles. The Morgan fingerprint density at radius 2 is 1.81 bits per heavy atom. The van der Waals surface area contributed by atoms with Crippen molar-refractivity contribution in [1.29, 1.82) is 0 Å². The molecule has 0 saturated heterocycles. The van der Waals surface area contributed by atoms with Crippen molar-refractivity contribution in [2.24, 2.45) is 0 Å². The van der Waals surface area contributed by atoms with Crippen molar-refractivity contribution in [2.45, 2.75) is 44.6 Å². The summed E-state index contributed by atoms with van der Waals surface area (Å²) in [4.78, 5) is 30.2. The molecule has 0 spiro atoms. The van der Waals surface area contributed by atoms with Crippen LogP contribution in [-0.4, -0.2) is 15.4 Å². The van der Waals surface area contributed by atoms with Gasteiger partial charge < -0.3 is 5.43 Å². The number of nitrogens with zero attached hydrogens (tertiary/aromatic N) is 2. The number of para-hydroxylation sites is 1. The van der Waals surface area contributed by atoms with Gasteiger partial charge in [-0.05, 0) is 30.5 Å². The number of nitrogens with one attached hydrogen (secondary N) is 1. The molecular weight excluding hydrogens is 338 g/mol. The van der Waals surface area contributed by atoms with Crippen LogP contribution in [0.25, 0.3) is 10.9 Å². The maximum Gasteiger partial charge on any atom is 0.279 e. The minimum Gasteiger partial charge on any atom is -0.310 e. The second-order valence-corrected chi connectivity index (χ2v) is 7.17. The third-order valence-corrected chi connectivity index (χ3v) is 5.37. The summed E-state index contributed by atoms with van der Waals surface area (Å²) in [6, 6.07) is 17.3. The number of benzene rings is 2. The van der Waals surface area contributed by atoms with Crippen LogP contribution in [-0.2, 0) is 16.8 Å². The monoisotopic (exact) mass is 361 g/mol. The molecule has 1 aliphatic rings. The number of ketones is 1. The van der Waals surface area contributed by atoms with Crippen LogP contribution >= 0.6 is 0 Å². The number of aromatic nitrogens is 2. The van der Waals surface area contributed by atoms with Crippen molar-refractivity contribution < 1.29 is 4.79 Å². The summed E-state index contributed by atoms with van der Waals surface area (Å²) in [6.45, 7) is 1.98. The number of hydrogen-bond donors (Lipinski definition) is 1. The van der Waals surface area contributed by atoms with Crippen molar-refractivity contribution >= 4 is 16.7 Å². The Kier molecular flexibility index (Phi) is 4.52. The number of Topliss-reactive ketones (excluding diaryl/α,β-unsaturated/α-hetero) is 1. The highest BCUT2D eigenvalue weighted by Crippen LogP contribution is 2.36. The summed E-state index contributed by atoms with van der Waals surface area (Å²) in [5.74, 6) is 0.893. The Labute approximate surface area is 158 Å². The van der Waals surface area contributed by atoms with Crippen LogP contribution in [0.15, 0.2) is 59.4 Å². The third kappa shape index (κ3) is 3.14. The van der Waals surface area contributed by atoms with Crippen molar-refractivity contribution in [2.75, 3.05) is 5.43 Å². The lowest BCUT2D eigenvalue weighted by Crippen LogP contribution is -2.49. The van der Waals surface area contributed by atoms with Gasteiger partial charge in [-0.1, -0.05) is 49.4 Å². The Bertz CT molecular complexity index is 1040. The van der Waals surface area contributed by atoms with E-state index in [1.807, 2.05) is 55.5 Å². The van der Waals surface area contributed by atoms with Crippen LogP contribution in [0.4, 0.5) is 0 Å². The lowest BCUT2D eigenvalue weighted by atomic mass is 9.76. The highest BCUT2D eigenvalue weighted by Gasteiger charge is 2.38. The van der Waals surface area contributed by atoms with Gasteiger partial charge in [-0.2, -0.15) is 0 Å². The summed E-state index contributed by atoms with van der Waals surface area (Å²) < 4.78 is 1.56. The standard InChI is InChI=1S/C22H23N3O2/c1-2-20-23-19-13-7-6-12-18(19)21(27)25(20)24-22(14-8-11-17(26)15-22)16-9-4-3-5-10-16/h3-7,9-10,12-13,24H,2,8,11,14-15H2,1H3. The van der Waals surface area contributed by atoms with Crippen LogP contribution < -0.4 is 11.0 Å². The predicted octanol–water partition coefficient (Wildman–Crippen LogP) is 3.54. The molecule has 1 heterocycles. The Morgan fingerprint density at radius 1 is 1.07 bits per heavy atom. The third-order valence-electron chi connectivity index (χ3n) is 5.37. The summed E-state index contributed by atoms with van der Waals surface area (Å²) in [5, 5.41) is 0.576. The highest BCUT2D eigenvalue weighted by atomic mass is 16.1. The SMILES string of the molecule is CCc1nc2ccccc2c(=O)n1NC1(c2ccccc2)CCCC(=O)C1. The van der Waals surface area contributed by atoms with E-state index in [0.29, 0.717) is 36.0 Å². The fourth-order valence-corrected chi connectivity index (χ4v) is 4.01. The van der Waals surface area contributed by atoms with Crippen LogP contribution in [0.3, 0.4) is 0 Å². The maximum absolute atomic E-state index is 13.2. The molecule has 138 valence electrons. The van der Waals surface area contributed by atoms with E-state index < -0.39 is 5.54 Å². The van der Waals surface area contributed by atoms with Gasteiger partial charge in [0.1, 0.15) is 11.6 Å². The van der Waals surface area contributed by atoms with Crippen molar-refractivity contribution in [3.63, 3.8) is 0 Å². The molecule has 4 rings (SSSR count). The molecule has 0 radical (unpaired) electrons. The summed E-state index contributed by atoms with van der Waals surface area (Å²) in [7, 11) is 0. The summed E-state index contributed by atoms with van der Waals surface area (Å²) in [6.07, 6.45) is 3.19. The smallest absolute Gasteiger partial charge is 0.279 e. The Hall–Kier alpha value is -2.95. The fourth-order valence-electron chi connectivity index (χ4n) is 4.01. The molecular formula is C22H23N3O2. The van der Waals surface area contributed by atoms with Crippen molar-refractivity contribution in [1.82, 2.24) is 9.66 Å². The van der Waals surface area contributed by atoms with Gasteiger partial charge in [0.05, 0.1) is 16.4 Å². The van der Waals surface area contributed by atoms with E-state index in [0.717, 1.165) is 18.4 Å². The number of fused-ring (bicyclic) bond motifs is 1. The minimum atomic E-state index is -0.589. The molecule has 1 fully saturated rings. The van der Waals surface area contributed by atoms with Crippen LogP contribution in [0.1, 0.15) is 44.0 Å². The van der Waals surface area contributed by atoms with E-state index in [-0.39, 0.29) is 11.3 Å². The van der Waals surface area contributed by atoms with E-state index in [9.17, 15) is 9.59 Å². The van der Waals surface area contributed by atoms with Crippen molar-refractivity contribution in [3.8, 4) is 0 Å². The molecule has 2 aromatic carbocycles. The average molecular weight is 361 g/mol. The Balaban J connectivity index is 1.88. The number of carbonyl (C=O) groups excluding carboxylic acids is 1. The zero-order valence-electron chi connectivity index (χ0n) is 15.4. The lowest BCUT2D eigenvalue weighted by molar-refractivity contribution is -0.121. The lowest BCUT2D eigenvalue weighted by Gasteiger charge is -2.39. The summed E-state index contributed by atoms with van der Waals surface area (Å²) >= 11 is 0. The molecule has 5 heteroatoms.